The lowest BCUT2D eigenvalue weighted by molar-refractivity contribution is 0.401. The molecular formula is C6H14N2. The summed E-state index contributed by atoms with van der Waals surface area (Å²) in [6, 6.07) is 0.417. The van der Waals surface area contributed by atoms with Gasteiger partial charge >= 0.3 is 0 Å². The fraction of sp³-hybridized carbons (Fsp3) is 1.00. The van der Waals surface area contributed by atoms with Crippen molar-refractivity contribution in [1.29, 1.82) is 0 Å². The molecule has 0 aromatic heterocycles. The van der Waals surface area contributed by atoms with Crippen LogP contribution in [0.3, 0.4) is 0 Å². The van der Waals surface area contributed by atoms with Gasteiger partial charge in [0, 0.05) is 19.1 Å². The molecule has 1 aliphatic heterocycles. The SMILES string of the molecule is C[C@@H]1CN(C)C[C@@H]1N. The second-order valence-corrected chi connectivity index (χ2v) is 2.86. The minimum absolute atomic E-state index is 0.417. The highest BCUT2D eigenvalue weighted by Crippen LogP contribution is 2.10. The number of hydrogen-bond donors (Lipinski definition) is 1. The lowest BCUT2D eigenvalue weighted by Gasteiger charge is -2.03. The van der Waals surface area contributed by atoms with E-state index in [4.69, 9.17) is 5.73 Å². The number of rotatable bonds is 0. The van der Waals surface area contributed by atoms with E-state index in [1.165, 1.54) is 6.54 Å². The molecule has 1 saturated heterocycles. The number of likely N-dealkylation sites (tertiary alicyclic amines) is 1. The Morgan fingerprint density at radius 3 is 2.25 bits per heavy atom. The molecular weight excluding hydrogens is 100 g/mol. The molecule has 2 heteroatoms. The highest BCUT2D eigenvalue weighted by atomic mass is 15.1. The monoisotopic (exact) mass is 114 g/mol. The van der Waals surface area contributed by atoms with Crippen molar-refractivity contribution in [2.75, 3.05) is 20.1 Å². The van der Waals surface area contributed by atoms with Gasteiger partial charge in [-0.25, -0.2) is 0 Å². The van der Waals surface area contributed by atoms with Gasteiger partial charge in [-0.2, -0.15) is 0 Å². The second-order valence-electron chi connectivity index (χ2n) is 2.86. The van der Waals surface area contributed by atoms with Crippen LogP contribution in [0.1, 0.15) is 6.92 Å². The number of nitrogens with two attached hydrogens (primary N) is 1. The van der Waals surface area contributed by atoms with Crippen LogP contribution in [0.5, 0.6) is 0 Å². The maximum Gasteiger partial charge on any atom is 0.0206 e. The van der Waals surface area contributed by atoms with Crippen LogP contribution in [-0.2, 0) is 0 Å². The van der Waals surface area contributed by atoms with Crippen LogP contribution in [0.2, 0.25) is 0 Å². The molecule has 0 spiro atoms. The van der Waals surface area contributed by atoms with Crippen molar-refractivity contribution in [3.63, 3.8) is 0 Å². The van der Waals surface area contributed by atoms with Gasteiger partial charge in [0.1, 0.15) is 0 Å². The van der Waals surface area contributed by atoms with E-state index in [0.717, 1.165) is 6.54 Å². The van der Waals surface area contributed by atoms with E-state index in [1.54, 1.807) is 0 Å². The maximum absolute atomic E-state index is 5.73. The molecule has 0 aromatic carbocycles. The number of hydrogen-bond acceptors (Lipinski definition) is 2. The van der Waals surface area contributed by atoms with E-state index in [2.05, 4.69) is 18.9 Å². The molecule has 8 heavy (non-hydrogen) atoms. The van der Waals surface area contributed by atoms with E-state index < -0.39 is 0 Å². The third-order valence-corrected chi connectivity index (χ3v) is 1.85. The van der Waals surface area contributed by atoms with Gasteiger partial charge in [0.2, 0.25) is 0 Å². The summed E-state index contributed by atoms with van der Waals surface area (Å²) in [5.41, 5.74) is 5.73. The molecule has 0 radical (unpaired) electrons. The standard InChI is InChI=1S/C6H14N2/c1-5-3-8(2)4-6(5)7/h5-6H,3-4,7H2,1-2H3/t5-,6+/m1/s1. The van der Waals surface area contributed by atoms with Gasteiger partial charge in [-0.15, -0.1) is 0 Å². The minimum atomic E-state index is 0.417. The van der Waals surface area contributed by atoms with E-state index >= 15 is 0 Å². The molecule has 0 unspecified atom stereocenters. The molecule has 1 heterocycles. The van der Waals surface area contributed by atoms with Gasteiger partial charge in [0.15, 0.2) is 0 Å². The molecule has 0 aliphatic carbocycles. The van der Waals surface area contributed by atoms with Crippen LogP contribution >= 0.6 is 0 Å². The zero-order chi connectivity index (χ0) is 6.15. The molecule has 2 nitrogen and oxygen atoms in total. The Kier molecular flexibility index (Phi) is 1.54. The molecule has 2 N–H and O–H groups in total. The third kappa shape index (κ3) is 1.01. The Bertz CT molecular complexity index is 72.6. The first-order valence-corrected chi connectivity index (χ1v) is 3.14. The lowest BCUT2D eigenvalue weighted by Crippen LogP contribution is -2.27. The molecule has 48 valence electrons. The second kappa shape index (κ2) is 2.03. The molecule has 1 aliphatic rings. The van der Waals surface area contributed by atoms with Crippen LogP contribution in [0, 0.1) is 5.92 Å². The first kappa shape index (κ1) is 6.05. The van der Waals surface area contributed by atoms with Gasteiger partial charge in [0.25, 0.3) is 0 Å². The summed E-state index contributed by atoms with van der Waals surface area (Å²) in [7, 11) is 2.11. The van der Waals surface area contributed by atoms with Crippen molar-refractivity contribution in [1.82, 2.24) is 4.90 Å². The van der Waals surface area contributed by atoms with Gasteiger partial charge in [-0.3, -0.25) is 0 Å². The molecule has 1 fully saturated rings. The predicted octanol–water partition coefficient (Wildman–Crippen LogP) is -0.105. The molecule has 0 bridgehead atoms. The van der Waals surface area contributed by atoms with Gasteiger partial charge in [-0.05, 0) is 13.0 Å². The summed E-state index contributed by atoms with van der Waals surface area (Å²) in [5, 5.41) is 0. The van der Waals surface area contributed by atoms with Gasteiger partial charge in [-0.1, -0.05) is 6.92 Å². The van der Waals surface area contributed by atoms with Crippen LogP contribution in [0.25, 0.3) is 0 Å². The van der Waals surface area contributed by atoms with Gasteiger partial charge < -0.3 is 10.6 Å². The summed E-state index contributed by atoms with van der Waals surface area (Å²) >= 11 is 0. The Morgan fingerprint density at radius 1 is 1.50 bits per heavy atom. The van der Waals surface area contributed by atoms with Crippen molar-refractivity contribution >= 4 is 0 Å². The average molecular weight is 114 g/mol. The highest BCUT2D eigenvalue weighted by Gasteiger charge is 2.22. The largest absolute Gasteiger partial charge is 0.326 e. The summed E-state index contributed by atoms with van der Waals surface area (Å²) in [6.45, 7) is 4.44. The Morgan fingerprint density at radius 2 is 2.12 bits per heavy atom. The summed E-state index contributed by atoms with van der Waals surface area (Å²) in [5.74, 6) is 0.694. The summed E-state index contributed by atoms with van der Waals surface area (Å²) < 4.78 is 0. The average Bonchev–Trinajstić information content (AvgIpc) is 1.85. The predicted molar refractivity (Wildman–Crippen MR) is 34.6 cm³/mol. The maximum atomic E-state index is 5.73. The fourth-order valence-electron chi connectivity index (χ4n) is 1.24. The topological polar surface area (TPSA) is 29.3 Å². The van der Waals surface area contributed by atoms with Crippen molar-refractivity contribution < 1.29 is 0 Å². The fourth-order valence-corrected chi connectivity index (χ4v) is 1.24. The third-order valence-electron chi connectivity index (χ3n) is 1.85. The van der Waals surface area contributed by atoms with Crippen LogP contribution < -0.4 is 5.73 Å². The Hall–Kier alpha value is -0.0800. The first-order valence-electron chi connectivity index (χ1n) is 3.14. The van der Waals surface area contributed by atoms with Gasteiger partial charge in [0.05, 0.1) is 0 Å². The minimum Gasteiger partial charge on any atom is -0.326 e. The van der Waals surface area contributed by atoms with Crippen molar-refractivity contribution in [2.24, 2.45) is 11.7 Å². The van der Waals surface area contributed by atoms with E-state index in [1.807, 2.05) is 0 Å². The molecule has 0 saturated carbocycles. The molecule has 0 aromatic rings. The van der Waals surface area contributed by atoms with Crippen LogP contribution in [0.4, 0.5) is 0 Å². The smallest absolute Gasteiger partial charge is 0.0206 e. The number of nitrogens with zero attached hydrogens (tertiary/aromatic N) is 1. The Labute approximate surface area is 50.7 Å². The molecule has 0 amide bonds. The number of likely N-dealkylation sites (N-methyl/N-ethyl adjacent to an activating group) is 1. The van der Waals surface area contributed by atoms with Crippen molar-refractivity contribution in [2.45, 2.75) is 13.0 Å². The zero-order valence-electron chi connectivity index (χ0n) is 5.59. The van der Waals surface area contributed by atoms with Crippen molar-refractivity contribution in [3.05, 3.63) is 0 Å². The highest BCUT2D eigenvalue weighted by molar-refractivity contribution is 4.81. The zero-order valence-corrected chi connectivity index (χ0v) is 5.59. The summed E-state index contributed by atoms with van der Waals surface area (Å²) in [6.07, 6.45) is 0. The normalized spacial score (nSPS) is 40.9. The lowest BCUT2D eigenvalue weighted by atomic mass is 10.1. The first-order chi connectivity index (χ1) is 3.70. The van der Waals surface area contributed by atoms with E-state index in [-0.39, 0.29) is 0 Å². The van der Waals surface area contributed by atoms with E-state index in [9.17, 15) is 0 Å². The van der Waals surface area contributed by atoms with E-state index in [0.29, 0.717) is 12.0 Å². The summed E-state index contributed by atoms with van der Waals surface area (Å²) in [4.78, 5) is 2.27. The van der Waals surface area contributed by atoms with Crippen LogP contribution in [0.15, 0.2) is 0 Å². The molecule has 1 rings (SSSR count). The van der Waals surface area contributed by atoms with Crippen molar-refractivity contribution in [3.8, 4) is 0 Å². The van der Waals surface area contributed by atoms with Crippen LogP contribution in [-0.4, -0.2) is 31.1 Å². The molecule has 2 atom stereocenters. The Balaban J connectivity index is 2.39. The quantitative estimate of drug-likeness (QED) is 0.476.